The van der Waals surface area contributed by atoms with Crippen molar-refractivity contribution >= 4 is 18.0 Å². The van der Waals surface area contributed by atoms with Crippen LogP contribution in [0.4, 0.5) is 15.5 Å². The highest BCUT2D eigenvalue weighted by atomic mass is 16.2. The van der Waals surface area contributed by atoms with E-state index >= 15 is 0 Å². The van der Waals surface area contributed by atoms with Crippen molar-refractivity contribution in [1.29, 1.82) is 0 Å². The first-order valence-corrected chi connectivity index (χ1v) is 11.9. The number of carbonyl (C=O) groups excluding carboxylic acids is 2. The Labute approximate surface area is 191 Å². The van der Waals surface area contributed by atoms with E-state index < -0.39 is 6.03 Å². The maximum Gasteiger partial charge on any atom is 0.321 e. The van der Waals surface area contributed by atoms with Gasteiger partial charge in [-0.1, -0.05) is 52.9 Å². The third-order valence-corrected chi connectivity index (χ3v) is 5.18. The van der Waals surface area contributed by atoms with Crippen LogP contribution in [0.5, 0.6) is 0 Å². The van der Waals surface area contributed by atoms with Crippen molar-refractivity contribution in [2.75, 3.05) is 25.0 Å². The molecule has 4 amide bonds. The molecule has 0 radical (unpaired) electrons. The highest BCUT2D eigenvalue weighted by Crippen LogP contribution is 2.14. The van der Waals surface area contributed by atoms with Gasteiger partial charge in [-0.25, -0.2) is 14.6 Å². The van der Waals surface area contributed by atoms with E-state index in [0.29, 0.717) is 31.2 Å². The van der Waals surface area contributed by atoms with Gasteiger partial charge >= 0.3 is 12.1 Å². The number of H-pyrrole nitrogens is 1. The Balaban J connectivity index is 1.96. The number of anilines is 1. The number of unbranched alkanes of at least 4 members (excludes halogenated alkanes) is 3. The molecular weight excluding hydrogens is 408 g/mol. The molecule has 1 atom stereocenters. The largest absolute Gasteiger partial charge is 0.338 e. The molecule has 32 heavy (non-hydrogen) atoms. The third kappa shape index (κ3) is 14.4. The smallest absolute Gasteiger partial charge is 0.321 e. The van der Waals surface area contributed by atoms with Crippen LogP contribution in [0.3, 0.4) is 0 Å². The SMILES string of the molecule is Cc1cc(=O)[nH]c(NC(=O)NCCCCCCNC(=O)NCC[C@@H](C)CCCC(C)C)n1. The van der Waals surface area contributed by atoms with Gasteiger partial charge in [0.2, 0.25) is 5.95 Å². The van der Waals surface area contributed by atoms with Crippen molar-refractivity contribution in [3.63, 3.8) is 0 Å². The minimum absolute atomic E-state index is 0.0967. The average molecular weight is 451 g/mol. The molecule has 0 fully saturated rings. The molecule has 1 aromatic heterocycles. The number of aryl methyl sites for hydroxylation is 1. The fraction of sp³-hybridized carbons (Fsp3) is 0.739. The summed E-state index contributed by atoms with van der Waals surface area (Å²) >= 11 is 0. The first-order chi connectivity index (χ1) is 15.3. The van der Waals surface area contributed by atoms with Gasteiger partial charge in [0.05, 0.1) is 0 Å². The van der Waals surface area contributed by atoms with Crippen LogP contribution in [0.15, 0.2) is 10.9 Å². The van der Waals surface area contributed by atoms with Gasteiger partial charge in [-0.3, -0.25) is 15.1 Å². The number of carbonyl (C=O) groups is 2. The minimum atomic E-state index is -0.397. The number of rotatable bonds is 15. The summed E-state index contributed by atoms with van der Waals surface area (Å²) in [7, 11) is 0. The Kier molecular flexibility index (Phi) is 13.8. The van der Waals surface area contributed by atoms with Gasteiger partial charge < -0.3 is 16.0 Å². The zero-order chi connectivity index (χ0) is 23.8. The Morgan fingerprint density at radius 2 is 1.50 bits per heavy atom. The normalized spacial score (nSPS) is 11.8. The van der Waals surface area contributed by atoms with Crippen LogP contribution in [0.2, 0.25) is 0 Å². The summed E-state index contributed by atoms with van der Waals surface area (Å²) in [5.41, 5.74) is 0.236. The fourth-order valence-electron chi connectivity index (χ4n) is 3.31. The molecule has 0 spiro atoms. The molecule has 1 heterocycles. The number of nitrogens with one attached hydrogen (secondary N) is 5. The number of hydrogen-bond acceptors (Lipinski definition) is 4. The number of nitrogens with zero attached hydrogens (tertiary/aromatic N) is 1. The maximum atomic E-state index is 11.8. The van der Waals surface area contributed by atoms with Gasteiger partial charge in [-0.05, 0) is 38.0 Å². The lowest BCUT2D eigenvalue weighted by Crippen LogP contribution is -2.36. The van der Waals surface area contributed by atoms with E-state index in [1.807, 2.05) is 0 Å². The van der Waals surface area contributed by atoms with Crippen LogP contribution in [-0.2, 0) is 0 Å². The fourth-order valence-corrected chi connectivity index (χ4v) is 3.31. The van der Waals surface area contributed by atoms with Gasteiger partial charge in [-0.15, -0.1) is 0 Å². The maximum absolute atomic E-state index is 11.8. The summed E-state index contributed by atoms with van der Waals surface area (Å²) in [6, 6.07) is 0.865. The molecule has 0 saturated carbocycles. The standard InChI is InChI=1S/C23H42N6O3/c1-17(2)10-9-11-18(3)12-15-26-22(31)24-13-7-5-6-8-14-25-23(32)29-21-27-19(4)16-20(30)28-21/h16-18H,5-15H2,1-4H3,(H2,24,26,31)(H3,25,27,28,29,30,32)/t18-/m0/s1. The molecule has 0 unspecified atom stereocenters. The van der Waals surface area contributed by atoms with Crippen LogP contribution in [0.1, 0.15) is 77.8 Å². The van der Waals surface area contributed by atoms with Crippen LogP contribution in [0.25, 0.3) is 0 Å². The summed E-state index contributed by atoms with van der Waals surface area (Å²) in [6.07, 6.45) is 8.44. The highest BCUT2D eigenvalue weighted by molar-refractivity contribution is 5.87. The van der Waals surface area contributed by atoms with Crippen molar-refractivity contribution in [3.8, 4) is 0 Å². The molecule has 5 N–H and O–H groups in total. The molecule has 0 aliphatic carbocycles. The summed E-state index contributed by atoms with van der Waals surface area (Å²) in [6.45, 7) is 10.3. The van der Waals surface area contributed by atoms with Gasteiger partial charge in [0.25, 0.3) is 5.56 Å². The average Bonchev–Trinajstić information content (AvgIpc) is 2.68. The molecule has 9 nitrogen and oxygen atoms in total. The lowest BCUT2D eigenvalue weighted by molar-refractivity contribution is 0.239. The van der Waals surface area contributed by atoms with Crippen molar-refractivity contribution in [1.82, 2.24) is 25.9 Å². The van der Waals surface area contributed by atoms with E-state index in [1.165, 1.54) is 25.3 Å². The van der Waals surface area contributed by atoms with Crippen LogP contribution >= 0.6 is 0 Å². The Hall–Kier alpha value is -2.58. The topological polar surface area (TPSA) is 128 Å². The second-order valence-electron chi connectivity index (χ2n) is 8.93. The summed E-state index contributed by atoms with van der Waals surface area (Å²) in [4.78, 5) is 41.5. The predicted molar refractivity (Wildman–Crippen MR) is 129 cm³/mol. The lowest BCUT2D eigenvalue weighted by Gasteiger charge is -2.13. The lowest BCUT2D eigenvalue weighted by atomic mass is 9.97. The molecular formula is C23H42N6O3. The van der Waals surface area contributed by atoms with E-state index in [4.69, 9.17) is 0 Å². The molecule has 1 rings (SSSR count). The first kappa shape index (κ1) is 27.5. The molecule has 0 saturated heterocycles. The summed E-state index contributed by atoms with van der Waals surface area (Å²) < 4.78 is 0. The molecule has 9 heteroatoms. The molecule has 1 aromatic rings. The van der Waals surface area contributed by atoms with Crippen LogP contribution in [-0.4, -0.2) is 41.7 Å². The molecule has 0 aliphatic rings. The van der Waals surface area contributed by atoms with E-state index in [0.717, 1.165) is 38.0 Å². The number of hydrogen-bond donors (Lipinski definition) is 5. The quantitative estimate of drug-likeness (QED) is 0.259. The monoisotopic (exact) mass is 450 g/mol. The number of urea groups is 2. The Bertz CT molecular complexity index is 735. The van der Waals surface area contributed by atoms with Crippen molar-refractivity contribution < 1.29 is 9.59 Å². The van der Waals surface area contributed by atoms with Gasteiger partial charge in [0, 0.05) is 31.4 Å². The zero-order valence-corrected chi connectivity index (χ0v) is 20.2. The second kappa shape index (κ2) is 16.1. The van der Waals surface area contributed by atoms with E-state index in [1.54, 1.807) is 6.92 Å². The molecule has 0 aliphatic heterocycles. The molecule has 0 aromatic carbocycles. The van der Waals surface area contributed by atoms with Crippen molar-refractivity contribution in [2.24, 2.45) is 11.8 Å². The van der Waals surface area contributed by atoms with Crippen molar-refractivity contribution in [3.05, 3.63) is 22.1 Å². The van der Waals surface area contributed by atoms with Crippen LogP contribution in [0, 0.1) is 18.8 Å². The number of aromatic nitrogens is 2. The minimum Gasteiger partial charge on any atom is -0.338 e. The van der Waals surface area contributed by atoms with E-state index in [-0.39, 0.29) is 17.5 Å². The van der Waals surface area contributed by atoms with Crippen LogP contribution < -0.4 is 26.8 Å². The summed E-state index contributed by atoms with van der Waals surface area (Å²) in [5.74, 6) is 1.54. The zero-order valence-electron chi connectivity index (χ0n) is 20.2. The van der Waals surface area contributed by atoms with Gasteiger partial charge in [-0.2, -0.15) is 0 Å². The third-order valence-electron chi connectivity index (χ3n) is 5.18. The summed E-state index contributed by atoms with van der Waals surface area (Å²) in [5, 5.41) is 11.1. The number of aromatic amines is 1. The van der Waals surface area contributed by atoms with Gasteiger partial charge in [0.1, 0.15) is 0 Å². The van der Waals surface area contributed by atoms with E-state index in [9.17, 15) is 14.4 Å². The highest BCUT2D eigenvalue weighted by Gasteiger charge is 2.06. The van der Waals surface area contributed by atoms with Gasteiger partial charge in [0.15, 0.2) is 0 Å². The van der Waals surface area contributed by atoms with E-state index in [2.05, 4.69) is 52.0 Å². The molecule has 0 bridgehead atoms. The Morgan fingerprint density at radius 1 is 0.875 bits per heavy atom. The second-order valence-corrected chi connectivity index (χ2v) is 8.93. The Morgan fingerprint density at radius 3 is 2.12 bits per heavy atom. The molecule has 182 valence electrons. The predicted octanol–water partition coefficient (Wildman–Crippen LogP) is 3.91. The van der Waals surface area contributed by atoms with Crippen molar-refractivity contribution in [2.45, 2.75) is 79.1 Å². The first-order valence-electron chi connectivity index (χ1n) is 11.9. The number of amides is 4.